The normalized spacial score (nSPS) is 12.3. The minimum absolute atomic E-state index is 0.217. The van der Waals surface area contributed by atoms with E-state index in [2.05, 4.69) is 15.3 Å². The lowest BCUT2D eigenvalue weighted by atomic mass is 10.2. The van der Waals surface area contributed by atoms with E-state index in [0.29, 0.717) is 21.7 Å². The van der Waals surface area contributed by atoms with Gasteiger partial charge in [-0.15, -0.1) is 11.3 Å². The molecule has 27 heavy (non-hydrogen) atoms. The second kappa shape index (κ2) is 7.68. The molecule has 0 aliphatic carbocycles. The van der Waals surface area contributed by atoms with E-state index in [4.69, 9.17) is 5.73 Å². The number of benzene rings is 1. The van der Waals surface area contributed by atoms with Crippen molar-refractivity contribution in [3.63, 3.8) is 0 Å². The zero-order valence-corrected chi connectivity index (χ0v) is 15.7. The molecule has 140 valence electrons. The van der Waals surface area contributed by atoms with Crippen LogP contribution in [0.1, 0.15) is 23.1 Å². The zero-order valence-electron chi connectivity index (χ0n) is 14.9. The maximum atomic E-state index is 12.5. The van der Waals surface area contributed by atoms with Crippen LogP contribution < -0.4 is 16.6 Å². The van der Waals surface area contributed by atoms with Gasteiger partial charge in [0, 0.05) is 0 Å². The lowest BCUT2D eigenvalue weighted by molar-refractivity contribution is -0.120. The molecule has 0 spiro atoms. The predicted octanol–water partition coefficient (Wildman–Crippen LogP) is 1.54. The monoisotopic (exact) mass is 385 g/mol. The topological polar surface area (TPSA) is 121 Å². The van der Waals surface area contributed by atoms with Gasteiger partial charge in [-0.1, -0.05) is 12.1 Å². The summed E-state index contributed by atoms with van der Waals surface area (Å²) in [4.78, 5) is 45.0. The van der Waals surface area contributed by atoms with Crippen LogP contribution in [0, 0.1) is 0 Å². The highest BCUT2D eigenvalue weighted by molar-refractivity contribution is 7.14. The number of para-hydroxylation sites is 1. The van der Waals surface area contributed by atoms with Crippen molar-refractivity contribution in [1.82, 2.24) is 14.9 Å². The molecule has 4 N–H and O–H groups in total. The third kappa shape index (κ3) is 4.04. The second-order valence-electron chi connectivity index (χ2n) is 6.14. The van der Waals surface area contributed by atoms with Gasteiger partial charge in [-0.25, -0.2) is 4.98 Å². The van der Waals surface area contributed by atoms with E-state index < -0.39 is 11.9 Å². The Bertz CT molecular complexity index is 1060. The van der Waals surface area contributed by atoms with Crippen molar-refractivity contribution < 1.29 is 9.59 Å². The summed E-state index contributed by atoms with van der Waals surface area (Å²) in [5.41, 5.74) is 5.96. The number of thiophene rings is 1. The number of nitrogens with one attached hydrogen (secondary N) is 2. The Hall–Kier alpha value is -3.04. The van der Waals surface area contributed by atoms with Crippen LogP contribution in [0.15, 0.2) is 40.5 Å². The highest BCUT2D eigenvalue weighted by atomic mass is 32.1. The number of aromatic amines is 1. The first-order valence-corrected chi connectivity index (χ1v) is 9.11. The number of anilines is 1. The minimum atomic E-state index is -0.592. The van der Waals surface area contributed by atoms with E-state index in [0.717, 1.165) is 0 Å². The van der Waals surface area contributed by atoms with E-state index in [9.17, 15) is 14.4 Å². The van der Waals surface area contributed by atoms with Gasteiger partial charge in [-0.3, -0.25) is 19.3 Å². The number of fused-ring (bicyclic) bond motifs is 1. The second-order valence-corrected chi connectivity index (χ2v) is 7.05. The van der Waals surface area contributed by atoms with E-state index in [-0.39, 0.29) is 23.6 Å². The first-order valence-electron chi connectivity index (χ1n) is 8.23. The van der Waals surface area contributed by atoms with Gasteiger partial charge in [0.15, 0.2) is 0 Å². The van der Waals surface area contributed by atoms with E-state index in [1.807, 2.05) is 6.07 Å². The quantitative estimate of drug-likeness (QED) is 0.594. The molecule has 1 atom stereocenters. The fraction of sp³-hybridized carbons (Fsp3) is 0.222. The van der Waals surface area contributed by atoms with Crippen molar-refractivity contribution in [2.24, 2.45) is 5.73 Å². The van der Waals surface area contributed by atoms with Gasteiger partial charge in [0.25, 0.3) is 11.5 Å². The predicted molar refractivity (Wildman–Crippen MR) is 105 cm³/mol. The molecule has 1 aromatic carbocycles. The van der Waals surface area contributed by atoms with Gasteiger partial charge < -0.3 is 16.0 Å². The lowest BCUT2D eigenvalue weighted by Gasteiger charge is -2.23. The number of hydrogen-bond acceptors (Lipinski definition) is 6. The Balaban J connectivity index is 1.72. The molecule has 0 unspecified atom stereocenters. The Morgan fingerprint density at radius 1 is 1.33 bits per heavy atom. The Morgan fingerprint density at radius 2 is 2.07 bits per heavy atom. The Labute approximate surface area is 159 Å². The fourth-order valence-electron chi connectivity index (χ4n) is 2.60. The molecule has 2 aromatic heterocycles. The number of primary amides is 1. The number of rotatable bonds is 6. The minimum Gasteiger partial charge on any atom is -0.366 e. The summed E-state index contributed by atoms with van der Waals surface area (Å²) >= 11 is 1.23. The number of aromatic nitrogens is 2. The van der Waals surface area contributed by atoms with Crippen LogP contribution in [-0.4, -0.2) is 39.8 Å². The van der Waals surface area contributed by atoms with Crippen molar-refractivity contribution in [2.45, 2.75) is 19.5 Å². The SMILES string of the molecule is C[C@H](C(=O)Nc1sccc1C(N)=O)N(C)Cc1nc2ccccc2c(=O)[nH]1. The molecule has 0 aliphatic heterocycles. The number of amides is 2. The van der Waals surface area contributed by atoms with Gasteiger partial charge in [-0.2, -0.15) is 0 Å². The average molecular weight is 385 g/mol. The van der Waals surface area contributed by atoms with Crippen LogP contribution in [0.2, 0.25) is 0 Å². The summed E-state index contributed by atoms with van der Waals surface area (Å²) in [7, 11) is 1.75. The molecule has 0 saturated carbocycles. The third-order valence-corrected chi connectivity index (χ3v) is 5.10. The Kier molecular flexibility index (Phi) is 5.33. The number of likely N-dealkylation sites (N-methyl/N-ethyl adjacent to an activating group) is 1. The molecule has 2 amide bonds. The summed E-state index contributed by atoms with van der Waals surface area (Å²) in [5.74, 6) is -0.411. The highest BCUT2D eigenvalue weighted by Gasteiger charge is 2.21. The van der Waals surface area contributed by atoms with Gasteiger partial charge in [0.1, 0.15) is 10.8 Å². The number of nitrogens with zero attached hydrogens (tertiary/aromatic N) is 2. The molecule has 3 aromatic rings. The summed E-state index contributed by atoms with van der Waals surface area (Å²) in [5, 5.41) is 5.35. The molecule has 8 nitrogen and oxygen atoms in total. The van der Waals surface area contributed by atoms with Crippen LogP contribution in [0.3, 0.4) is 0 Å². The number of hydrogen-bond donors (Lipinski definition) is 3. The number of carbonyl (C=O) groups is 2. The van der Waals surface area contributed by atoms with E-state index in [1.165, 1.54) is 11.3 Å². The highest BCUT2D eigenvalue weighted by Crippen LogP contribution is 2.23. The molecule has 9 heteroatoms. The first kappa shape index (κ1) is 18.7. The summed E-state index contributed by atoms with van der Waals surface area (Å²) in [6.45, 7) is 2.01. The average Bonchev–Trinajstić information content (AvgIpc) is 3.09. The molecular weight excluding hydrogens is 366 g/mol. The van der Waals surface area contributed by atoms with Crippen molar-refractivity contribution in [1.29, 1.82) is 0 Å². The number of nitrogens with two attached hydrogens (primary N) is 1. The Morgan fingerprint density at radius 3 is 2.81 bits per heavy atom. The van der Waals surface area contributed by atoms with Crippen LogP contribution in [0.25, 0.3) is 10.9 Å². The van der Waals surface area contributed by atoms with Gasteiger partial charge >= 0.3 is 0 Å². The summed E-state index contributed by atoms with van der Waals surface area (Å²) < 4.78 is 0. The zero-order chi connectivity index (χ0) is 19.6. The first-order chi connectivity index (χ1) is 12.9. The summed E-state index contributed by atoms with van der Waals surface area (Å²) in [6, 6.07) is 8.12. The smallest absolute Gasteiger partial charge is 0.258 e. The summed E-state index contributed by atoms with van der Waals surface area (Å²) in [6.07, 6.45) is 0. The largest absolute Gasteiger partial charge is 0.366 e. The van der Waals surface area contributed by atoms with Crippen LogP contribution >= 0.6 is 11.3 Å². The standard InChI is InChI=1S/C18H19N5O3S/c1-10(16(25)22-18-12(15(19)24)7-8-27-18)23(2)9-14-20-13-6-4-3-5-11(13)17(26)21-14/h3-8,10H,9H2,1-2H3,(H2,19,24)(H,22,25)(H,20,21,26)/t10-/m1/s1. The van der Waals surface area contributed by atoms with E-state index in [1.54, 1.807) is 48.5 Å². The van der Waals surface area contributed by atoms with Crippen molar-refractivity contribution in [2.75, 3.05) is 12.4 Å². The molecule has 0 fully saturated rings. The van der Waals surface area contributed by atoms with Crippen LogP contribution in [0.4, 0.5) is 5.00 Å². The van der Waals surface area contributed by atoms with E-state index >= 15 is 0 Å². The van der Waals surface area contributed by atoms with Gasteiger partial charge in [-0.05, 0) is 37.6 Å². The molecule has 0 aliphatic rings. The van der Waals surface area contributed by atoms with Crippen molar-refractivity contribution >= 4 is 39.1 Å². The lowest BCUT2D eigenvalue weighted by Crippen LogP contribution is -2.39. The molecule has 3 rings (SSSR count). The number of H-pyrrole nitrogens is 1. The molecule has 0 saturated heterocycles. The van der Waals surface area contributed by atoms with Crippen LogP contribution in [0.5, 0.6) is 0 Å². The fourth-order valence-corrected chi connectivity index (χ4v) is 3.39. The maximum Gasteiger partial charge on any atom is 0.258 e. The number of carbonyl (C=O) groups excluding carboxylic acids is 2. The van der Waals surface area contributed by atoms with Gasteiger partial charge in [0.05, 0.1) is 29.1 Å². The van der Waals surface area contributed by atoms with Gasteiger partial charge in [0.2, 0.25) is 5.91 Å². The molecule has 0 bridgehead atoms. The van der Waals surface area contributed by atoms with Crippen molar-refractivity contribution in [3.05, 3.63) is 57.5 Å². The molecule has 0 radical (unpaired) electrons. The molecule has 2 heterocycles. The maximum absolute atomic E-state index is 12.5. The van der Waals surface area contributed by atoms with Crippen molar-refractivity contribution in [3.8, 4) is 0 Å². The van der Waals surface area contributed by atoms with Crippen LogP contribution in [-0.2, 0) is 11.3 Å². The molecular formula is C18H19N5O3S. The third-order valence-electron chi connectivity index (χ3n) is 4.27.